The normalized spacial score (nSPS) is 11.6. The Bertz CT molecular complexity index is 1030. The minimum atomic E-state index is 0.675. The second kappa shape index (κ2) is 7.66. The van der Waals surface area contributed by atoms with Crippen molar-refractivity contribution < 1.29 is 9.47 Å². The van der Waals surface area contributed by atoms with Crippen LogP contribution in [-0.2, 0) is 7.05 Å². The maximum Gasteiger partial charge on any atom is 0.161 e. The van der Waals surface area contributed by atoms with Crippen LogP contribution < -0.4 is 15.0 Å². The highest BCUT2D eigenvalue weighted by molar-refractivity contribution is 5.63. The first kappa shape index (κ1) is 18.7. The van der Waals surface area contributed by atoms with Crippen molar-refractivity contribution in [2.45, 2.75) is 20.8 Å². The van der Waals surface area contributed by atoms with Crippen LogP contribution in [-0.4, -0.2) is 23.8 Å². The molecule has 0 radical (unpaired) electrons. The minimum absolute atomic E-state index is 0.675. The van der Waals surface area contributed by atoms with E-state index in [9.17, 15) is 0 Å². The highest BCUT2D eigenvalue weighted by Gasteiger charge is 2.08. The lowest BCUT2D eigenvalue weighted by atomic mass is 10.1. The van der Waals surface area contributed by atoms with E-state index in [0.29, 0.717) is 11.5 Å². The van der Waals surface area contributed by atoms with Gasteiger partial charge in [0.05, 0.1) is 31.9 Å². The summed E-state index contributed by atoms with van der Waals surface area (Å²) in [5.41, 5.74) is 7.19. The van der Waals surface area contributed by atoms with E-state index in [2.05, 4.69) is 37.9 Å². The van der Waals surface area contributed by atoms with Crippen LogP contribution >= 0.6 is 0 Å². The largest absolute Gasteiger partial charge is 0.493 e. The number of rotatable bonds is 4. The standard InChI is InChI=1S/C22H25N3O2/c1-14-9-15(2)22(16(3)10-14)24-21-12-18(23-13-25(21)4)17-7-8-19(26-5)20(11-17)27-6/h7-13H,1-6H3. The third kappa shape index (κ3) is 3.87. The van der Waals surface area contributed by atoms with Gasteiger partial charge in [0.2, 0.25) is 0 Å². The van der Waals surface area contributed by atoms with E-state index < -0.39 is 0 Å². The molecule has 3 aromatic rings. The van der Waals surface area contributed by atoms with Crippen LogP contribution in [0.5, 0.6) is 11.5 Å². The van der Waals surface area contributed by atoms with Crippen molar-refractivity contribution in [3.8, 4) is 22.8 Å². The topological polar surface area (TPSA) is 48.6 Å². The maximum absolute atomic E-state index is 5.41. The molecule has 0 bridgehead atoms. The number of hydrogen-bond acceptors (Lipinski definition) is 4. The molecular formula is C22H25N3O2. The van der Waals surface area contributed by atoms with Crippen molar-refractivity contribution in [2.75, 3.05) is 14.2 Å². The third-order valence-electron chi connectivity index (χ3n) is 4.54. The van der Waals surface area contributed by atoms with Gasteiger partial charge in [0, 0.05) is 18.7 Å². The molecule has 0 atom stereocenters. The summed E-state index contributed by atoms with van der Waals surface area (Å²) in [5.74, 6) is 1.37. The van der Waals surface area contributed by atoms with Crippen LogP contribution in [0.25, 0.3) is 11.3 Å². The summed E-state index contributed by atoms with van der Waals surface area (Å²) in [7, 11) is 5.20. The molecule has 140 valence electrons. The Morgan fingerprint density at radius 1 is 0.889 bits per heavy atom. The summed E-state index contributed by atoms with van der Waals surface area (Å²) in [6.07, 6.45) is 1.78. The lowest BCUT2D eigenvalue weighted by molar-refractivity contribution is 0.355. The summed E-state index contributed by atoms with van der Waals surface area (Å²) in [5, 5.41) is 0. The van der Waals surface area contributed by atoms with E-state index in [4.69, 9.17) is 14.5 Å². The molecule has 0 N–H and O–H groups in total. The van der Waals surface area contributed by atoms with E-state index in [-0.39, 0.29) is 0 Å². The Morgan fingerprint density at radius 3 is 2.19 bits per heavy atom. The molecule has 0 saturated carbocycles. The monoisotopic (exact) mass is 363 g/mol. The summed E-state index contributed by atoms with van der Waals surface area (Å²) < 4.78 is 12.6. The molecule has 27 heavy (non-hydrogen) atoms. The fourth-order valence-electron chi connectivity index (χ4n) is 3.20. The lowest BCUT2D eigenvalue weighted by Crippen LogP contribution is -2.18. The van der Waals surface area contributed by atoms with E-state index in [1.54, 1.807) is 20.5 Å². The zero-order valence-corrected chi connectivity index (χ0v) is 16.7. The van der Waals surface area contributed by atoms with Crippen molar-refractivity contribution in [1.29, 1.82) is 0 Å². The highest BCUT2D eigenvalue weighted by atomic mass is 16.5. The van der Waals surface area contributed by atoms with Crippen molar-refractivity contribution in [1.82, 2.24) is 9.55 Å². The molecule has 3 rings (SSSR count). The average Bonchev–Trinajstić information content (AvgIpc) is 2.65. The molecule has 0 saturated heterocycles. The van der Waals surface area contributed by atoms with Crippen LogP contribution in [0.15, 0.2) is 47.7 Å². The summed E-state index contributed by atoms with van der Waals surface area (Å²) in [4.78, 5) is 9.46. The van der Waals surface area contributed by atoms with Gasteiger partial charge in [-0.1, -0.05) is 17.7 Å². The SMILES string of the molecule is COc1ccc(-c2cc(=Nc3c(C)cc(C)cc3C)n(C)cn2)cc1OC. The maximum atomic E-state index is 5.41. The van der Waals surface area contributed by atoms with E-state index >= 15 is 0 Å². The average molecular weight is 363 g/mol. The predicted molar refractivity (Wildman–Crippen MR) is 108 cm³/mol. The Hall–Kier alpha value is -3.08. The quantitative estimate of drug-likeness (QED) is 0.696. The molecule has 0 aliphatic rings. The highest BCUT2D eigenvalue weighted by Crippen LogP contribution is 2.31. The van der Waals surface area contributed by atoms with Gasteiger partial charge in [0.15, 0.2) is 11.5 Å². The number of hydrogen-bond donors (Lipinski definition) is 0. The first-order chi connectivity index (χ1) is 12.9. The molecule has 0 fully saturated rings. The number of aryl methyl sites for hydroxylation is 4. The van der Waals surface area contributed by atoms with Crippen LogP contribution in [0.2, 0.25) is 0 Å². The third-order valence-corrected chi connectivity index (χ3v) is 4.54. The van der Waals surface area contributed by atoms with Gasteiger partial charge in [-0.05, 0) is 50.1 Å². The molecule has 1 aromatic heterocycles. The second-order valence-electron chi connectivity index (χ2n) is 6.67. The summed E-state index contributed by atoms with van der Waals surface area (Å²) in [6.45, 7) is 6.29. The van der Waals surface area contributed by atoms with E-state index in [1.807, 2.05) is 35.9 Å². The van der Waals surface area contributed by atoms with Crippen LogP contribution in [0, 0.1) is 20.8 Å². The minimum Gasteiger partial charge on any atom is -0.493 e. The predicted octanol–water partition coefficient (Wildman–Crippen LogP) is 4.26. The van der Waals surface area contributed by atoms with Crippen molar-refractivity contribution in [2.24, 2.45) is 12.0 Å². The van der Waals surface area contributed by atoms with E-state index in [0.717, 1.165) is 33.6 Å². The van der Waals surface area contributed by atoms with Gasteiger partial charge in [-0.2, -0.15) is 0 Å². The fraction of sp³-hybridized carbons (Fsp3) is 0.273. The van der Waals surface area contributed by atoms with Gasteiger partial charge < -0.3 is 14.0 Å². The van der Waals surface area contributed by atoms with Crippen molar-refractivity contribution in [3.05, 3.63) is 64.9 Å². The van der Waals surface area contributed by atoms with Crippen molar-refractivity contribution >= 4 is 5.69 Å². The summed E-state index contributed by atoms with van der Waals surface area (Å²) >= 11 is 0. The molecule has 5 nitrogen and oxygen atoms in total. The smallest absolute Gasteiger partial charge is 0.161 e. The molecule has 2 aromatic carbocycles. The molecular weight excluding hydrogens is 338 g/mol. The second-order valence-corrected chi connectivity index (χ2v) is 6.67. The van der Waals surface area contributed by atoms with Gasteiger partial charge in [-0.3, -0.25) is 0 Å². The summed E-state index contributed by atoms with van der Waals surface area (Å²) in [6, 6.07) is 12.1. The molecule has 1 heterocycles. The van der Waals surface area contributed by atoms with Gasteiger partial charge in [0.1, 0.15) is 5.49 Å². The first-order valence-electron chi connectivity index (χ1n) is 8.80. The van der Waals surface area contributed by atoms with E-state index in [1.165, 1.54) is 5.56 Å². The van der Waals surface area contributed by atoms with Gasteiger partial charge in [0.25, 0.3) is 0 Å². The number of nitrogens with zero attached hydrogens (tertiary/aromatic N) is 3. The Balaban J connectivity index is 2.13. The van der Waals surface area contributed by atoms with Gasteiger partial charge in [-0.25, -0.2) is 9.98 Å². The van der Waals surface area contributed by atoms with Crippen molar-refractivity contribution in [3.63, 3.8) is 0 Å². The fourth-order valence-corrected chi connectivity index (χ4v) is 3.20. The zero-order valence-electron chi connectivity index (χ0n) is 16.7. The Labute approximate surface area is 160 Å². The Kier molecular flexibility index (Phi) is 5.31. The number of aromatic nitrogens is 2. The molecule has 5 heteroatoms. The van der Waals surface area contributed by atoms with Crippen LogP contribution in [0.3, 0.4) is 0 Å². The molecule has 0 aliphatic carbocycles. The molecule has 0 aliphatic heterocycles. The number of methoxy groups -OCH3 is 2. The molecule has 0 spiro atoms. The number of ether oxygens (including phenoxy) is 2. The van der Waals surface area contributed by atoms with Crippen LogP contribution in [0.1, 0.15) is 16.7 Å². The van der Waals surface area contributed by atoms with Gasteiger partial charge in [-0.15, -0.1) is 0 Å². The Morgan fingerprint density at radius 2 is 1.56 bits per heavy atom. The zero-order chi connectivity index (χ0) is 19.6. The van der Waals surface area contributed by atoms with Gasteiger partial charge >= 0.3 is 0 Å². The lowest BCUT2D eigenvalue weighted by Gasteiger charge is -2.10. The number of benzene rings is 2. The first-order valence-corrected chi connectivity index (χ1v) is 8.80. The molecule has 0 amide bonds. The van der Waals surface area contributed by atoms with Crippen LogP contribution in [0.4, 0.5) is 5.69 Å². The molecule has 0 unspecified atom stereocenters.